The second-order valence-corrected chi connectivity index (χ2v) is 4.50. The van der Waals surface area contributed by atoms with Crippen LogP contribution in [0.25, 0.3) is 0 Å². The van der Waals surface area contributed by atoms with Crippen molar-refractivity contribution in [3.05, 3.63) is 12.4 Å². The highest BCUT2D eigenvalue weighted by molar-refractivity contribution is 5.91. The van der Waals surface area contributed by atoms with Crippen molar-refractivity contribution in [1.82, 2.24) is 14.7 Å². The molecule has 0 bridgehead atoms. The lowest BCUT2D eigenvalue weighted by Crippen LogP contribution is -2.40. The molecule has 1 rings (SSSR count). The molecule has 0 saturated heterocycles. The molecule has 0 aliphatic carbocycles. The topological polar surface area (TPSA) is 87.5 Å². The summed E-state index contributed by atoms with van der Waals surface area (Å²) in [5.74, 6) is -0.832. The van der Waals surface area contributed by atoms with Crippen LogP contribution in [0, 0.1) is 5.92 Å². The molecule has 18 heavy (non-hydrogen) atoms. The largest absolute Gasteiger partial charge is 0.480 e. The van der Waals surface area contributed by atoms with Gasteiger partial charge in [-0.15, -0.1) is 0 Å². The van der Waals surface area contributed by atoms with Crippen LogP contribution in [-0.2, 0) is 11.8 Å². The van der Waals surface area contributed by atoms with Crippen LogP contribution in [-0.4, -0.2) is 44.9 Å². The summed E-state index contributed by atoms with van der Waals surface area (Å²) in [6, 6.07) is -0.431. The SMILES string of the molecule is CC(C)CN(CC(=O)O)C(=O)Nc1cnn(C)c1. The van der Waals surface area contributed by atoms with Crippen LogP contribution in [0.3, 0.4) is 0 Å². The van der Waals surface area contributed by atoms with E-state index in [9.17, 15) is 9.59 Å². The third kappa shape index (κ3) is 4.44. The molecule has 0 aliphatic rings. The van der Waals surface area contributed by atoms with Gasteiger partial charge in [0.1, 0.15) is 6.54 Å². The van der Waals surface area contributed by atoms with Gasteiger partial charge < -0.3 is 15.3 Å². The smallest absolute Gasteiger partial charge is 0.323 e. The first-order valence-electron chi connectivity index (χ1n) is 5.65. The monoisotopic (exact) mass is 254 g/mol. The van der Waals surface area contributed by atoms with Crippen LogP contribution in [0.2, 0.25) is 0 Å². The number of hydrogen-bond donors (Lipinski definition) is 2. The van der Waals surface area contributed by atoms with Crippen LogP contribution in [0.1, 0.15) is 13.8 Å². The lowest BCUT2D eigenvalue weighted by molar-refractivity contribution is -0.137. The molecule has 0 radical (unpaired) electrons. The van der Waals surface area contributed by atoms with Gasteiger partial charge in [-0.1, -0.05) is 13.8 Å². The molecule has 0 fully saturated rings. The van der Waals surface area contributed by atoms with Crippen molar-refractivity contribution in [2.75, 3.05) is 18.4 Å². The molecule has 0 saturated carbocycles. The van der Waals surface area contributed by atoms with E-state index in [-0.39, 0.29) is 12.5 Å². The molecule has 7 heteroatoms. The third-order valence-corrected chi connectivity index (χ3v) is 2.16. The summed E-state index contributed by atoms with van der Waals surface area (Å²) in [6.45, 7) is 3.92. The molecule has 0 unspecified atom stereocenters. The minimum absolute atomic E-state index is 0.198. The Kier molecular flexibility index (Phi) is 4.70. The molecular formula is C11H18N4O3. The molecule has 0 aromatic carbocycles. The first kappa shape index (κ1) is 14.0. The van der Waals surface area contributed by atoms with E-state index in [1.54, 1.807) is 17.9 Å². The fraction of sp³-hybridized carbons (Fsp3) is 0.545. The maximum atomic E-state index is 11.9. The zero-order valence-electron chi connectivity index (χ0n) is 10.8. The fourth-order valence-corrected chi connectivity index (χ4v) is 1.51. The molecule has 1 heterocycles. The number of aromatic nitrogens is 2. The summed E-state index contributed by atoms with van der Waals surface area (Å²) < 4.78 is 1.56. The van der Waals surface area contributed by atoms with Gasteiger partial charge in [0.2, 0.25) is 0 Å². The predicted octanol–water partition coefficient (Wildman–Crippen LogP) is 0.995. The Balaban J connectivity index is 2.66. The Morgan fingerprint density at radius 2 is 2.22 bits per heavy atom. The van der Waals surface area contributed by atoms with Gasteiger partial charge in [0.15, 0.2) is 0 Å². The standard InChI is InChI=1S/C11H18N4O3/c1-8(2)5-15(7-10(16)17)11(18)13-9-4-12-14(3)6-9/h4,6,8H,5,7H2,1-3H3,(H,13,18)(H,16,17). The van der Waals surface area contributed by atoms with Gasteiger partial charge in [-0.2, -0.15) is 5.10 Å². The van der Waals surface area contributed by atoms with Crippen LogP contribution < -0.4 is 5.32 Å². The van der Waals surface area contributed by atoms with E-state index < -0.39 is 12.0 Å². The van der Waals surface area contributed by atoms with Crippen LogP contribution in [0.4, 0.5) is 10.5 Å². The molecule has 0 spiro atoms. The summed E-state index contributed by atoms with van der Waals surface area (Å²) >= 11 is 0. The Morgan fingerprint density at radius 3 is 2.67 bits per heavy atom. The van der Waals surface area contributed by atoms with E-state index >= 15 is 0 Å². The highest BCUT2D eigenvalue weighted by atomic mass is 16.4. The van der Waals surface area contributed by atoms with Crippen molar-refractivity contribution in [2.45, 2.75) is 13.8 Å². The second kappa shape index (κ2) is 6.04. The van der Waals surface area contributed by atoms with Gasteiger partial charge in [-0.05, 0) is 5.92 Å². The normalized spacial score (nSPS) is 10.4. The highest BCUT2D eigenvalue weighted by Crippen LogP contribution is 2.07. The van der Waals surface area contributed by atoms with E-state index in [1.165, 1.54) is 11.1 Å². The number of urea groups is 1. The Labute approximate surface area is 105 Å². The van der Waals surface area contributed by atoms with Crippen LogP contribution in [0.5, 0.6) is 0 Å². The number of carboxylic acid groups (broad SMARTS) is 1. The van der Waals surface area contributed by atoms with Crippen LogP contribution in [0.15, 0.2) is 12.4 Å². The Bertz CT molecular complexity index is 428. The second-order valence-electron chi connectivity index (χ2n) is 4.50. The molecular weight excluding hydrogens is 236 g/mol. The average molecular weight is 254 g/mol. The number of rotatable bonds is 5. The number of nitrogens with one attached hydrogen (secondary N) is 1. The molecule has 0 aliphatic heterocycles. The fourth-order valence-electron chi connectivity index (χ4n) is 1.51. The summed E-state index contributed by atoms with van der Waals surface area (Å²) in [5.41, 5.74) is 0.543. The number of hydrogen-bond acceptors (Lipinski definition) is 3. The molecule has 1 aromatic rings. The summed E-state index contributed by atoms with van der Waals surface area (Å²) in [6.07, 6.45) is 3.15. The van der Waals surface area contributed by atoms with Crippen molar-refractivity contribution in [3.8, 4) is 0 Å². The van der Waals surface area contributed by atoms with Gasteiger partial charge >= 0.3 is 12.0 Å². The van der Waals surface area contributed by atoms with Crippen molar-refractivity contribution in [3.63, 3.8) is 0 Å². The lowest BCUT2D eigenvalue weighted by Gasteiger charge is -2.22. The third-order valence-electron chi connectivity index (χ3n) is 2.16. The molecule has 100 valence electrons. The first-order valence-corrected chi connectivity index (χ1v) is 5.65. The number of amides is 2. The summed E-state index contributed by atoms with van der Waals surface area (Å²) in [5, 5.41) is 15.3. The quantitative estimate of drug-likeness (QED) is 0.820. The number of anilines is 1. The van der Waals surface area contributed by atoms with E-state index in [2.05, 4.69) is 10.4 Å². The van der Waals surface area contributed by atoms with E-state index in [1.807, 2.05) is 13.8 Å². The van der Waals surface area contributed by atoms with Gasteiger partial charge in [0, 0.05) is 19.8 Å². The Morgan fingerprint density at radius 1 is 1.56 bits per heavy atom. The summed E-state index contributed by atoms with van der Waals surface area (Å²) in [4.78, 5) is 23.9. The zero-order valence-corrected chi connectivity index (χ0v) is 10.8. The van der Waals surface area contributed by atoms with Gasteiger partial charge in [-0.3, -0.25) is 9.48 Å². The number of carbonyl (C=O) groups is 2. The van der Waals surface area contributed by atoms with Crippen molar-refractivity contribution >= 4 is 17.7 Å². The molecule has 2 amide bonds. The van der Waals surface area contributed by atoms with Crippen molar-refractivity contribution in [1.29, 1.82) is 0 Å². The number of aryl methyl sites for hydroxylation is 1. The van der Waals surface area contributed by atoms with Gasteiger partial charge in [0.05, 0.1) is 11.9 Å². The molecule has 1 aromatic heterocycles. The van der Waals surface area contributed by atoms with Crippen LogP contribution >= 0.6 is 0 Å². The highest BCUT2D eigenvalue weighted by Gasteiger charge is 2.18. The summed E-state index contributed by atoms with van der Waals surface area (Å²) in [7, 11) is 1.73. The van der Waals surface area contributed by atoms with E-state index in [0.29, 0.717) is 12.2 Å². The van der Waals surface area contributed by atoms with Gasteiger partial charge in [-0.25, -0.2) is 4.79 Å². The first-order chi connectivity index (χ1) is 8.38. The average Bonchev–Trinajstić information content (AvgIpc) is 2.61. The van der Waals surface area contributed by atoms with Gasteiger partial charge in [0.25, 0.3) is 0 Å². The minimum Gasteiger partial charge on any atom is -0.480 e. The van der Waals surface area contributed by atoms with Crippen molar-refractivity contribution in [2.24, 2.45) is 13.0 Å². The number of aliphatic carboxylic acids is 1. The number of carboxylic acids is 1. The van der Waals surface area contributed by atoms with E-state index in [4.69, 9.17) is 5.11 Å². The molecule has 0 atom stereocenters. The van der Waals surface area contributed by atoms with E-state index in [0.717, 1.165) is 0 Å². The van der Waals surface area contributed by atoms with Crippen molar-refractivity contribution < 1.29 is 14.7 Å². The number of nitrogens with zero attached hydrogens (tertiary/aromatic N) is 3. The predicted molar refractivity (Wildman–Crippen MR) is 66.3 cm³/mol. The lowest BCUT2D eigenvalue weighted by atomic mass is 10.2. The maximum absolute atomic E-state index is 11.9. The molecule has 7 nitrogen and oxygen atoms in total. The zero-order chi connectivity index (χ0) is 13.7. The minimum atomic E-state index is -1.03. The Hall–Kier alpha value is -2.05. The maximum Gasteiger partial charge on any atom is 0.323 e. The number of carbonyl (C=O) groups excluding carboxylic acids is 1. The molecule has 2 N–H and O–H groups in total.